The standard InChI is InChI=1S/C21H19N5O2/c1-13-8-16(5-6-27-13)26-20(10-15-4-7-28-25-15)24-19-12-23-18-3-2-14(11-22)9-17(18)21(19)26/h2-4,7,9,12-13,16H,5-6,8,10H2,1H3/t13-,16-/m0/s1. The van der Waals surface area contributed by atoms with Crippen molar-refractivity contribution in [2.75, 3.05) is 6.61 Å². The lowest BCUT2D eigenvalue weighted by Gasteiger charge is -2.30. The van der Waals surface area contributed by atoms with E-state index in [1.807, 2.05) is 24.4 Å². The lowest BCUT2D eigenvalue weighted by atomic mass is 10.0. The molecular formula is C21H19N5O2. The number of ether oxygens (including phenoxy) is 1. The predicted octanol–water partition coefficient (Wildman–Crippen LogP) is 3.77. The molecule has 7 nitrogen and oxygen atoms in total. The minimum atomic E-state index is 0.193. The molecule has 4 heterocycles. The van der Waals surface area contributed by atoms with Crippen LogP contribution >= 0.6 is 0 Å². The molecule has 0 N–H and O–H groups in total. The molecule has 1 fully saturated rings. The van der Waals surface area contributed by atoms with E-state index in [0.29, 0.717) is 12.0 Å². The highest BCUT2D eigenvalue weighted by Crippen LogP contribution is 2.34. The molecule has 0 saturated carbocycles. The summed E-state index contributed by atoms with van der Waals surface area (Å²) in [5.74, 6) is 0.930. The Morgan fingerprint density at radius 3 is 3.00 bits per heavy atom. The van der Waals surface area contributed by atoms with Crippen molar-refractivity contribution in [3.05, 3.63) is 53.8 Å². The summed E-state index contributed by atoms with van der Waals surface area (Å²) in [5, 5.41) is 14.4. The van der Waals surface area contributed by atoms with Gasteiger partial charge in [-0.2, -0.15) is 5.26 Å². The van der Waals surface area contributed by atoms with Crippen molar-refractivity contribution in [1.29, 1.82) is 5.26 Å². The van der Waals surface area contributed by atoms with Gasteiger partial charge in [-0.3, -0.25) is 4.98 Å². The van der Waals surface area contributed by atoms with E-state index in [-0.39, 0.29) is 12.1 Å². The minimum Gasteiger partial charge on any atom is -0.378 e. The van der Waals surface area contributed by atoms with E-state index in [4.69, 9.17) is 14.2 Å². The Bertz CT molecular complexity index is 1190. The first-order valence-electron chi connectivity index (χ1n) is 9.43. The molecule has 5 rings (SSSR count). The van der Waals surface area contributed by atoms with Gasteiger partial charge in [-0.25, -0.2) is 4.98 Å². The number of benzene rings is 1. The summed E-state index contributed by atoms with van der Waals surface area (Å²) in [5.41, 5.74) is 4.18. The Balaban J connectivity index is 1.77. The summed E-state index contributed by atoms with van der Waals surface area (Å²) in [6.45, 7) is 2.83. The lowest BCUT2D eigenvalue weighted by molar-refractivity contribution is 0.00630. The van der Waals surface area contributed by atoms with E-state index < -0.39 is 0 Å². The van der Waals surface area contributed by atoms with Crippen LogP contribution in [0, 0.1) is 11.3 Å². The van der Waals surface area contributed by atoms with E-state index in [1.54, 1.807) is 12.3 Å². The highest BCUT2D eigenvalue weighted by Gasteiger charge is 2.26. The monoisotopic (exact) mass is 373 g/mol. The zero-order valence-electron chi connectivity index (χ0n) is 15.5. The number of aromatic nitrogens is 4. The van der Waals surface area contributed by atoms with Crippen molar-refractivity contribution in [1.82, 2.24) is 19.7 Å². The molecule has 3 aromatic heterocycles. The summed E-state index contributed by atoms with van der Waals surface area (Å²) in [6, 6.07) is 9.97. The summed E-state index contributed by atoms with van der Waals surface area (Å²) < 4.78 is 13.1. The maximum Gasteiger partial charge on any atom is 0.124 e. The van der Waals surface area contributed by atoms with Gasteiger partial charge < -0.3 is 13.8 Å². The molecule has 1 aliphatic heterocycles. The Kier molecular flexibility index (Phi) is 4.06. The Morgan fingerprint density at radius 1 is 1.29 bits per heavy atom. The number of nitriles is 1. The third-order valence-electron chi connectivity index (χ3n) is 5.37. The molecule has 0 aliphatic carbocycles. The van der Waals surface area contributed by atoms with Gasteiger partial charge in [0.05, 0.1) is 47.1 Å². The van der Waals surface area contributed by atoms with Gasteiger partial charge in [0.2, 0.25) is 0 Å². The highest BCUT2D eigenvalue weighted by atomic mass is 16.5. The number of nitrogens with zero attached hydrogens (tertiary/aromatic N) is 5. The molecule has 0 bridgehead atoms. The van der Waals surface area contributed by atoms with Crippen LogP contribution in [0.25, 0.3) is 21.9 Å². The molecule has 1 aliphatic rings. The first kappa shape index (κ1) is 16.9. The van der Waals surface area contributed by atoms with Crippen LogP contribution in [-0.2, 0) is 11.2 Å². The largest absolute Gasteiger partial charge is 0.378 e. The fourth-order valence-electron chi connectivity index (χ4n) is 4.11. The summed E-state index contributed by atoms with van der Waals surface area (Å²) in [4.78, 5) is 9.44. The molecule has 0 unspecified atom stereocenters. The summed E-state index contributed by atoms with van der Waals surface area (Å²) in [6.07, 6.45) is 6.00. The van der Waals surface area contributed by atoms with Crippen LogP contribution in [0.1, 0.15) is 42.9 Å². The molecule has 2 atom stereocenters. The number of hydrogen-bond acceptors (Lipinski definition) is 6. The number of imidazole rings is 1. The third kappa shape index (κ3) is 2.83. The van der Waals surface area contributed by atoms with Crippen molar-refractivity contribution < 1.29 is 9.26 Å². The molecule has 1 saturated heterocycles. The smallest absolute Gasteiger partial charge is 0.124 e. The second-order valence-electron chi connectivity index (χ2n) is 7.26. The van der Waals surface area contributed by atoms with E-state index in [0.717, 1.165) is 52.9 Å². The van der Waals surface area contributed by atoms with Crippen LogP contribution in [-0.4, -0.2) is 32.4 Å². The predicted molar refractivity (Wildman–Crippen MR) is 103 cm³/mol. The fraction of sp³-hybridized carbons (Fsp3) is 0.333. The maximum atomic E-state index is 9.37. The summed E-state index contributed by atoms with van der Waals surface area (Å²) in [7, 11) is 0. The topological polar surface area (TPSA) is 89.8 Å². The van der Waals surface area contributed by atoms with Gasteiger partial charge in [0, 0.05) is 24.1 Å². The van der Waals surface area contributed by atoms with Crippen LogP contribution in [0.4, 0.5) is 0 Å². The van der Waals surface area contributed by atoms with Crippen LogP contribution in [0.3, 0.4) is 0 Å². The average Bonchev–Trinajstić information content (AvgIpc) is 3.35. The molecule has 4 aromatic rings. The van der Waals surface area contributed by atoms with Crippen LogP contribution in [0.15, 0.2) is 41.2 Å². The van der Waals surface area contributed by atoms with Crippen molar-refractivity contribution in [2.45, 2.75) is 38.3 Å². The molecule has 0 spiro atoms. The first-order chi connectivity index (χ1) is 13.7. The van der Waals surface area contributed by atoms with E-state index in [9.17, 15) is 5.26 Å². The van der Waals surface area contributed by atoms with E-state index in [2.05, 4.69) is 27.7 Å². The van der Waals surface area contributed by atoms with Crippen LogP contribution in [0.5, 0.6) is 0 Å². The van der Waals surface area contributed by atoms with Crippen molar-refractivity contribution in [3.63, 3.8) is 0 Å². The van der Waals surface area contributed by atoms with Gasteiger partial charge in [-0.15, -0.1) is 0 Å². The van der Waals surface area contributed by atoms with Gasteiger partial charge in [0.25, 0.3) is 0 Å². The number of hydrogen-bond donors (Lipinski definition) is 0. The van der Waals surface area contributed by atoms with Gasteiger partial charge in [0.15, 0.2) is 0 Å². The van der Waals surface area contributed by atoms with Gasteiger partial charge in [-0.1, -0.05) is 5.16 Å². The first-order valence-corrected chi connectivity index (χ1v) is 9.43. The van der Waals surface area contributed by atoms with Crippen molar-refractivity contribution >= 4 is 21.9 Å². The zero-order chi connectivity index (χ0) is 19.1. The van der Waals surface area contributed by atoms with Crippen molar-refractivity contribution in [2.24, 2.45) is 0 Å². The Morgan fingerprint density at radius 2 is 2.21 bits per heavy atom. The maximum absolute atomic E-state index is 9.37. The normalized spacial score (nSPS) is 19.9. The van der Waals surface area contributed by atoms with Crippen LogP contribution < -0.4 is 0 Å². The molecule has 7 heteroatoms. The van der Waals surface area contributed by atoms with Crippen molar-refractivity contribution in [3.8, 4) is 6.07 Å². The molecule has 0 amide bonds. The zero-order valence-corrected chi connectivity index (χ0v) is 15.5. The summed E-state index contributed by atoms with van der Waals surface area (Å²) >= 11 is 0. The lowest BCUT2D eigenvalue weighted by Crippen LogP contribution is -2.26. The fourth-order valence-corrected chi connectivity index (χ4v) is 4.11. The van der Waals surface area contributed by atoms with E-state index in [1.165, 1.54) is 0 Å². The number of pyridine rings is 1. The SMILES string of the molecule is C[C@H]1C[C@@H](n2c(Cc3ccon3)nc3cnc4ccc(C#N)cc4c32)CCO1. The van der Waals surface area contributed by atoms with Gasteiger partial charge in [-0.05, 0) is 38.0 Å². The van der Waals surface area contributed by atoms with Gasteiger partial charge >= 0.3 is 0 Å². The Hall–Kier alpha value is -3.24. The third-order valence-corrected chi connectivity index (χ3v) is 5.37. The molecular weight excluding hydrogens is 354 g/mol. The van der Waals surface area contributed by atoms with E-state index >= 15 is 0 Å². The quantitative estimate of drug-likeness (QED) is 0.543. The molecule has 140 valence electrons. The molecule has 28 heavy (non-hydrogen) atoms. The molecule has 0 radical (unpaired) electrons. The van der Waals surface area contributed by atoms with Crippen LogP contribution in [0.2, 0.25) is 0 Å². The second-order valence-corrected chi connectivity index (χ2v) is 7.26. The minimum absolute atomic E-state index is 0.193. The number of fused-ring (bicyclic) bond motifs is 3. The molecule has 1 aromatic carbocycles. The average molecular weight is 373 g/mol. The Labute approximate surface area is 161 Å². The second kappa shape index (κ2) is 6.73. The highest BCUT2D eigenvalue weighted by molar-refractivity contribution is 6.02. The van der Waals surface area contributed by atoms with Gasteiger partial charge in [0.1, 0.15) is 17.6 Å². The number of rotatable bonds is 3.